The number of nitrogens with two attached hydrogens (primary N) is 1. The van der Waals surface area contributed by atoms with E-state index in [0.717, 1.165) is 58.6 Å². The smallest absolute Gasteiger partial charge is 0.382 e. The van der Waals surface area contributed by atoms with Crippen molar-refractivity contribution in [3.05, 3.63) is 119 Å². The summed E-state index contributed by atoms with van der Waals surface area (Å²) in [6.07, 6.45) is 10.7. The van der Waals surface area contributed by atoms with Crippen molar-refractivity contribution in [2.24, 2.45) is 5.73 Å². The molecular weight excluding hydrogens is 642 g/mol. The average molecular weight is 684 g/mol. The number of carbonyl (C=O) groups is 4. The zero-order valence-electron chi connectivity index (χ0n) is 28.9. The average Bonchev–Trinajstić information content (AvgIpc) is 3.80. The van der Waals surface area contributed by atoms with Gasteiger partial charge < -0.3 is 20.6 Å². The van der Waals surface area contributed by atoms with Crippen molar-refractivity contribution in [3.8, 4) is 23.7 Å². The molecule has 10 heteroatoms. The van der Waals surface area contributed by atoms with Crippen LogP contribution in [0.4, 0.5) is 11.4 Å². The minimum Gasteiger partial charge on any atom is -0.472 e. The van der Waals surface area contributed by atoms with Gasteiger partial charge in [-0.15, -0.1) is 0 Å². The monoisotopic (exact) mass is 683 g/mol. The number of aliphatic carboxylic acids is 1. The maximum Gasteiger partial charge on any atom is 0.382 e. The number of fused-ring (bicyclic) bond motifs is 2. The normalized spacial score (nSPS) is 11.9. The first-order valence-electron chi connectivity index (χ1n) is 16.9. The number of carbonyl (C=O) groups excluding carboxylic acids is 3. The van der Waals surface area contributed by atoms with E-state index in [9.17, 15) is 19.2 Å². The molecule has 0 fully saturated rings. The van der Waals surface area contributed by atoms with Crippen LogP contribution in [0.1, 0.15) is 66.5 Å². The van der Waals surface area contributed by atoms with E-state index in [4.69, 9.17) is 10.8 Å². The fourth-order valence-corrected chi connectivity index (χ4v) is 5.51. The number of pyridine rings is 2. The molecule has 0 spiro atoms. The minimum absolute atomic E-state index is 0.0767. The van der Waals surface area contributed by atoms with Crippen LogP contribution in [0.3, 0.4) is 0 Å². The largest absolute Gasteiger partial charge is 0.472 e. The van der Waals surface area contributed by atoms with Gasteiger partial charge in [-0.25, -0.2) is 4.79 Å². The molecule has 0 unspecified atom stereocenters. The van der Waals surface area contributed by atoms with Gasteiger partial charge in [0.25, 0.3) is 0 Å². The molecule has 0 atom stereocenters. The van der Waals surface area contributed by atoms with E-state index >= 15 is 0 Å². The Hall–Kier alpha value is -6.10. The van der Waals surface area contributed by atoms with Crippen LogP contribution in [0.2, 0.25) is 0 Å². The topological polar surface area (TPSA) is 147 Å². The number of rotatable bonds is 6. The molecule has 2 aliphatic rings. The van der Waals surface area contributed by atoms with Gasteiger partial charge in [-0.3, -0.25) is 24.4 Å². The predicted octanol–water partition coefficient (Wildman–Crippen LogP) is 4.90. The number of ketones is 1. The molecule has 0 bridgehead atoms. The molecule has 260 valence electrons. The van der Waals surface area contributed by atoms with Crippen LogP contribution in [0.15, 0.2) is 85.5 Å². The number of amides is 2. The third kappa shape index (κ3) is 11.2. The number of aromatic nitrogens is 2. The molecular formula is C41H41N5O5. The maximum atomic E-state index is 12.0. The van der Waals surface area contributed by atoms with Crippen LogP contribution >= 0.6 is 0 Å². The number of Topliss-reactive ketones (excluding diaryl/α,β-unsaturated/α-hetero) is 1. The summed E-state index contributed by atoms with van der Waals surface area (Å²) in [5, 5.41) is 8.49. The number of carboxylic acid groups (broad SMARTS) is 1. The second-order valence-electron chi connectivity index (χ2n) is 11.6. The van der Waals surface area contributed by atoms with E-state index in [1.165, 1.54) is 0 Å². The van der Waals surface area contributed by atoms with Crippen LogP contribution in [0.25, 0.3) is 0 Å². The summed E-state index contributed by atoms with van der Waals surface area (Å²) >= 11 is 0. The van der Waals surface area contributed by atoms with Crippen LogP contribution in [0, 0.1) is 23.7 Å². The molecule has 2 aromatic carbocycles. The molecule has 3 N–H and O–H groups in total. The van der Waals surface area contributed by atoms with Gasteiger partial charge >= 0.3 is 5.97 Å². The Morgan fingerprint density at radius 3 is 1.69 bits per heavy atom. The zero-order chi connectivity index (χ0) is 36.6. The minimum atomic E-state index is -1.14. The molecule has 0 saturated heterocycles. The molecule has 51 heavy (non-hydrogen) atoms. The molecule has 6 rings (SSSR count). The lowest BCUT2D eigenvalue weighted by Gasteiger charge is -2.16. The summed E-state index contributed by atoms with van der Waals surface area (Å²) in [5.41, 5.74) is 13.0. The molecule has 4 aromatic rings. The lowest BCUT2D eigenvalue weighted by molar-refractivity contribution is -0.130. The van der Waals surface area contributed by atoms with Crippen molar-refractivity contribution in [1.82, 2.24) is 9.97 Å². The Morgan fingerprint density at radius 2 is 1.25 bits per heavy atom. The van der Waals surface area contributed by atoms with Gasteiger partial charge in [-0.1, -0.05) is 37.8 Å². The summed E-state index contributed by atoms with van der Waals surface area (Å²) in [7, 11) is 0. The molecule has 2 aromatic heterocycles. The Morgan fingerprint density at radius 1 is 0.745 bits per heavy atom. The van der Waals surface area contributed by atoms with Crippen molar-refractivity contribution >= 4 is 34.9 Å². The Bertz CT molecular complexity index is 1970. The summed E-state index contributed by atoms with van der Waals surface area (Å²) in [6, 6.07) is 18.9. The van der Waals surface area contributed by atoms with Crippen LogP contribution < -0.4 is 15.5 Å². The molecule has 2 aliphatic heterocycles. The first-order valence-corrected chi connectivity index (χ1v) is 16.9. The van der Waals surface area contributed by atoms with Gasteiger partial charge in [0.1, 0.15) is 0 Å². The second kappa shape index (κ2) is 19.2. The standard InChI is InChI=1S/C21H20N2O2.C14H13NO3.C6H8N2/c1-2-21(25)23-13-11-18-14-16(7-10-20(18)23)5-8-19(24)9-6-17-4-3-12-22-15-17;1-2-13(16)15-8-7-11-9-10(3-5-12(11)15)4-6-14(17)18;7-4-6-2-1-3-8-5-6/h3-4,7,10,12,14-15H,2,6,9,11,13H2,1H3;3,5,9H,2,7-8H2,1H3,(H,17,18);1-3,5H,4,7H2. The van der Waals surface area contributed by atoms with Crippen molar-refractivity contribution in [3.63, 3.8) is 0 Å². The Kier molecular flexibility index (Phi) is 14.2. The molecule has 0 radical (unpaired) electrons. The van der Waals surface area contributed by atoms with E-state index in [0.29, 0.717) is 44.3 Å². The van der Waals surface area contributed by atoms with E-state index < -0.39 is 5.97 Å². The molecule has 0 saturated carbocycles. The van der Waals surface area contributed by atoms with E-state index in [-0.39, 0.29) is 17.6 Å². The van der Waals surface area contributed by atoms with Crippen LogP contribution in [-0.4, -0.2) is 51.7 Å². The summed E-state index contributed by atoms with van der Waals surface area (Å²) in [4.78, 5) is 57.4. The lowest BCUT2D eigenvalue weighted by Crippen LogP contribution is -2.27. The van der Waals surface area contributed by atoms with Crippen molar-refractivity contribution in [1.29, 1.82) is 0 Å². The van der Waals surface area contributed by atoms with Crippen LogP contribution in [-0.2, 0) is 45.0 Å². The van der Waals surface area contributed by atoms with Gasteiger partial charge in [-0.05, 0) is 96.0 Å². The third-order valence-corrected chi connectivity index (χ3v) is 8.14. The van der Waals surface area contributed by atoms with Crippen molar-refractivity contribution in [2.75, 3.05) is 22.9 Å². The number of nitrogens with zero attached hydrogens (tertiary/aromatic N) is 4. The molecule has 10 nitrogen and oxygen atoms in total. The highest BCUT2D eigenvalue weighted by Gasteiger charge is 2.24. The highest BCUT2D eigenvalue weighted by atomic mass is 16.4. The van der Waals surface area contributed by atoms with Crippen LogP contribution in [0.5, 0.6) is 0 Å². The van der Waals surface area contributed by atoms with E-state index in [1.54, 1.807) is 35.8 Å². The summed E-state index contributed by atoms with van der Waals surface area (Å²) in [6.45, 7) is 5.71. The fourth-order valence-electron chi connectivity index (χ4n) is 5.51. The molecule has 2 amide bonds. The van der Waals surface area contributed by atoms with Gasteiger partial charge in [-0.2, -0.15) is 0 Å². The SMILES string of the molecule is CCC(=O)N1CCc2cc(C#CC(=O)CCc3cccnc3)ccc21.CCC(=O)N1CCc2cc(C#CC(=O)O)ccc21.NCc1cccnc1. The molecule has 0 aliphatic carbocycles. The quantitative estimate of drug-likeness (QED) is 0.273. The predicted molar refractivity (Wildman–Crippen MR) is 197 cm³/mol. The third-order valence-electron chi connectivity index (χ3n) is 8.14. The van der Waals surface area contributed by atoms with Gasteiger partial charge in [0.05, 0.1) is 0 Å². The number of anilines is 2. The highest BCUT2D eigenvalue weighted by molar-refractivity contribution is 5.97. The number of hydrogen-bond acceptors (Lipinski definition) is 7. The number of aryl methyl sites for hydroxylation is 1. The number of benzene rings is 2. The highest BCUT2D eigenvalue weighted by Crippen LogP contribution is 2.30. The number of hydrogen-bond donors (Lipinski definition) is 2. The second-order valence-corrected chi connectivity index (χ2v) is 11.6. The van der Waals surface area contributed by atoms with Gasteiger partial charge in [0.2, 0.25) is 17.6 Å². The summed E-state index contributed by atoms with van der Waals surface area (Å²) < 4.78 is 0. The Balaban J connectivity index is 0.000000194. The molecule has 4 heterocycles. The zero-order valence-corrected chi connectivity index (χ0v) is 28.9. The maximum absolute atomic E-state index is 12.0. The summed E-state index contributed by atoms with van der Waals surface area (Å²) in [5.74, 6) is 9.36. The van der Waals surface area contributed by atoms with Crippen molar-refractivity contribution in [2.45, 2.75) is 58.9 Å². The van der Waals surface area contributed by atoms with Gasteiger partial charge in [0.15, 0.2) is 0 Å². The lowest BCUT2D eigenvalue weighted by atomic mass is 10.1. The van der Waals surface area contributed by atoms with Crippen molar-refractivity contribution < 1.29 is 24.3 Å². The first kappa shape index (κ1) is 37.7. The van der Waals surface area contributed by atoms with Gasteiger partial charge in [0, 0.05) is 92.1 Å². The Labute approximate surface area is 298 Å². The van der Waals surface area contributed by atoms with E-state index in [1.807, 2.05) is 73.3 Å². The fraction of sp³-hybridized carbons (Fsp3) is 0.268. The number of carboxylic acids is 1. The van der Waals surface area contributed by atoms with E-state index in [2.05, 4.69) is 33.6 Å². The first-order chi connectivity index (χ1) is 24.7.